The van der Waals surface area contributed by atoms with E-state index >= 15 is 0 Å². The van der Waals surface area contributed by atoms with Crippen molar-refractivity contribution >= 4 is 11.8 Å². The van der Waals surface area contributed by atoms with Crippen molar-refractivity contribution in [2.45, 2.75) is 25.3 Å². The number of aliphatic carboxylic acids is 1. The normalized spacial score (nSPS) is 21.3. The van der Waals surface area contributed by atoms with E-state index in [1.54, 1.807) is 6.20 Å². The molecule has 0 amide bonds. The van der Waals surface area contributed by atoms with Crippen molar-refractivity contribution in [2.24, 2.45) is 0 Å². The molecule has 15 heavy (non-hydrogen) atoms. The molecule has 1 aromatic rings. The molecule has 2 heterocycles. The summed E-state index contributed by atoms with van der Waals surface area (Å²) < 4.78 is 0. The first-order valence-corrected chi connectivity index (χ1v) is 5.19. The zero-order chi connectivity index (χ0) is 10.7. The van der Waals surface area contributed by atoms with Gasteiger partial charge >= 0.3 is 5.97 Å². The average molecular weight is 206 g/mol. The van der Waals surface area contributed by atoms with Gasteiger partial charge in [0.25, 0.3) is 0 Å². The molecule has 1 aliphatic heterocycles. The highest BCUT2D eigenvalue weighted by Crippen LogP contribution is 2.22. The second-order valence-electron chi connectivity index (χ2n) is 3.73. The van der Waals surface area contributed by atoms with Crippen LogP contribution in [0, 0.1) is 0 Å². The van der Waals surface area contributed by atoms with Crippen molar-refractivity contribution in [1.82, 2.24) is 4.98 Å². The summed E-state index contributed by atoms with van der Waals surface area (Å²) in [6.45, 7) is 0.786. The third kappa shape index (κ3) is 2.09. The number of nitrogens with zero attached hydrogens (tertiary/aromatic N) is 2. The molecule has 2 rings (SSSR count). The van der Waals surface area contributed by atoms with Crippen molar-refractivity contribution in [3.8, 4) is 0 Å². The third-order valence-corrected chi connectivity index (χ3v) is 2.73. The van der Waals surface area contributed by atoms with Gasteiger partial charge in [0.1, 0.15) is 11.9 Å². The largest absolute Gasteiger partial charge is 0.480 e. The fourth-order valence-corrected chi connectivity index (χ4v) is 1.99. The highest BCUT2D eigenvalue weighted by molar-refractivity contribution is 5.77. The highest BCUT2D eigenvalue weighted by Gasteiger charge is 2.28. The lowest BCUT2D eigenvalue weighted by Crippen LogP contribution is -2.45. The molecule has 1 aromatic heterocycles. The molecule has 0 aromatic carbocycles. The lowest BCUT2D eigenvalue weighted by atomic mass is 10.0. The SMILES string of the molecule is O=C(O)C1CCCCN1c1ccccn1. The number of hydrogen-bond donors (Lipinski definition) is 1. The molecule has 4 nitrogen and oxygen atoms in total. The van der Waals surface area contributed by atoms with E-state index in [0.717, 1.165) is 25.2 Å². The molecule has 1 unspecified atom stereocenters. The van der Waals surface area contributed by atoms with Gasteiger partial charge in [0.15, 0.2) is 0 Å². The van der Waals surface area contributed by atoms with Crippen LogP contribution in [-0.2, 0) is 4.79 Å². The van der Waals surface area contributed by atoms with Crippen molar-refractivity contribution < 1.29 is 9.90 Å². The molecule has 4 heteroatoms. The molecule has 0 saturated carbocycles. The second-order valence-corrected chi connectivity index (χ2v) is 3.73. The molecule has 1 aliphatic rings. The Labute approximate surface area is 88.6 Å². The molecular weight excluding hydrogens is 192 g/mol. The van der Waals surface area contributed by atoms with Gasteiger partial charge < -0.3 is 10.0 Å². The molecule has 0 aliphatic carbocycles. The van der Waals surface area contributed by atoms with E-state index in [-0.39, 0.29) is 0 Å². The van der Waals surface area contributed by atoms with Crippen LogP contribution in [0.5, 0.6) is 0 Å². The Kier molecular flexibility index (Phi) is 2.85. The van der Waals surface area contributed by atoms with E-state index in [1.807, 2.05) is 23.1 Å². The summed E-state index contributed by atoms with van der Waals surface area (Å²) in [5.74, 6) is 0.0185. The lowest BCUT2D eigenvalue weighted by Gasteiger charge is -2.33. The van der Waals surface area contributed by atoms with Crippen molar-refractivity contribution in [3.05, 3.63) is 24.4 Å². The van der Waals surface area contributed by atoms with Gasteiger partial charge in [-0.3, -0.25) is 0 Å². The fourth-order valence-electron chi connectivity index (χ4n) is 1.99. The van der Waals surface area contributed by atoms with Crippen LogP contribution in [0.2, 0.25) is 0 Å². The maximum Gasteiger partial charge on any atom is 0.326 e. The monoisotopic (exact) mass is 206 g/mol. The van der Waals surface area contributed by atoms with Crippen LogP contribution in [0.25, 0.3) is 0 Å². The van der Waals surface area contributed by atoms with Crippen LogP contribution in [0.4, 0.5) is 5.82 Å². The number of piperidine rings is 1. The predicted molar refractivity (Wildman–Crippen MR) is 56.9 cm³/mol. The Hall–Kier alpha value is -1.58. The first kappa shape index (κ1) is 9.96. The zero-order valence-electron chi connectivity index (χ0n) is 8.47. The lowest BCUT2D eigenvalue weighted by molar-refractivity contribution is -0.139. The molecular formula is C11H14N2O2. The topological polar surface area (TPSA) is 53.4 Å². The first-order valence-electron chi connectivity index (χ1n) is 5.19. The minimum absolute atomic E-state index is 0.409. The maximum absolute atomic E-state index is 11.1. The minimum Gasteiger partial charge on any atom is -0.480 e. The number of rotatable bonds is 2. The molecule has 0 bridgehead atoms. The average Bonchev–Trinajstić information content (AvgIpc) is 2.30. The number of pyridine rings is 1. The Morgan fingerprint density at radius 1 is 1.47 bits per heavy atom. The number of hydrogen-bond acceptors (Lipinski definition) is 3. The number of carboxylic acid groups (broad SMARTS) is 1. The molecule has 1 saturated heterocycles. The van der Waals surface area contributed by atoms with Gasteiger partial charge in [-0.15, -0.1) is 0 Å². The number of carbonyl (C=O) groups is 1. The van der Waals surface area contributed by atoms with Gasteiger partial charge in [0.2, 0.25) is 0 Å². The smallest absolute Gasteiger partial charge is 0.326 e. The summed E-state index contributed by atoms with van der Waals surface area (Å²) in [6, 6.07) is 5.18. The minimum atomic E-state index is -0.750. The van der Waals surface area contributed by atoms with Crippen molar-refractivity contribution in [1.29, 1.82) is 0 Å². The van der Waals surface area contributed by atoms with Crippen molar-refractivity contribution in [3.63, 3.8) is 0 Å². The van der Waals surface area contributed by atoms with E-state index in [0.29, 0.717) is 6.42 Å². The Bertz CT molecular complexity index is 340. The maximum atomic E-state index is 11.1. The highest BCUT2D eigenvalue weighted by atomic mass is 16.4. The van der Waals surface area contributed by atoms with Crippen LogP contribution < -0.4 is 4.90 Å². The van der Waals surface area contributed by atoms with Gasteiger partial charge in [0.05, 0.1) is 0 Å². The first-order chi connectivity index (χ1) is 7.29. The van der Waals surface area contributed by atoms with E-state index in [9.17, 15) is 4.79 Å². The number of aromatic nitrogens is 1. The Morgan fingerprint density at radius 3 is 3.00 bits per heavy atom. The Morgan fingerprint density at radius 2 is 2.33 bits per heavy atom. The van der Waals surface area contributed by atoms with Crippen LogP contribution in [0.3, 0.4) is 0 Å². The van der Waals surface area contributed by atoms with Gasteiger partial charge in [-0.1, -0.05) is 6.07 Å². The number of carboxylic acids is 1. The summed E-state index contributed by atoms with van der Waals surface area (Å²) >= 11 is 0. The van der Waals surface area contributed by atoms with Crippen LogP contribution in [0.15, 0.2) is 24.4 Å². The predicted octanol–water partition coefficient (Wildman–Crippen LogP) is 1.53. The van der Waals surface area contributed by atoms with E-state index in [4.69, 9.17) is 5.11 Å². The van der Waals surface area contributed by atoms with Gasteiger partial charge in [-0.25, -0.2) is 9.78 Å². The molecule has 80 valence electrons. The molecule has 0 radical (unpaired) electrons. The fraction of sp³-hybridized carbons (Fsp3) is 0.455. The summed E-state index contributed by atoms with van der Waals surface area (Å²) in [5, 5.41) is 9.10. The summed E-state index contributed by atoms with van der Waals surface area (Å²) in [7, 11) is 0. The van der Waals surface area contributed by atoms with E-state index in [1.165, 1.54) is 0 Å². The summed E-state index contributed by atoms with van der Waals surface area (Å²) in [4.78, 5) is 17.1. The zero-order valence-corrected chi connectivity index (χ0v) is 8.47. The van der Waals surface area contributed by atoms with Gasteiger partial charge in [-0.2, -0.15) is 0 Å². The van der Waals surface area contributed by atoms with Gasteiger partial charge in [-0.05, 0) is 31.4 Å². The van der Waals surface area contributed by atoms with Gasteiger partial charge in [0, 0.05) is 12.7 Å². The van der Waals surface area contributed by atoms with Crippen LogP contribution in [0.1, 0.15) is 19.3 Å². The summed E-state index contributed by atoms with van der Waals surface area (Å²) in [5.41, 5.74) is 0. The third-order valence-electron chi connectivity index (χ3n) is 2.73. The quantitative estimate of drug-likeness (QED) is 0.797. The molecule has 0 spiro atoms. The second kappa shape index (κ2) is 4.29. The van der Waals surface area contributed by atoms with Crippen LogP contribution >= 0.6 is 0 Å². The number of anilines is 1. The van der Waals surface area contributed by atoms with Crippen LogP contribution in [-0.4, -0.2) is 28.6 Å². The molecule has 1 fully saturated rings. The Balaban J connectivity index is 2.22. The van der Waals surface area contributed by atoms with E-state index in [2.05, 4.69) is 4.98 Å². The molecule has 1 atom stereocenters. The summed E-state index contributed by atoms with van der Waals surface area (Å²) in [6.07, 6.45) is 4.44. The van der Waals surface area contributed by atoms with Crippen molar-refractivity contribution in [2.75, 3.05) is 11.4 Å². The van der Waals surface area contributed by atoms with E-state index < -0.39 is 12.0 Å². The molecule has 1 N–H and O–H groups in total. The standard InChI is InChI=1S/C11H14N2O2/c14-11(15)9-5-2-4-8-13(9)10-6-1-3-7-12-10/h1,3,6-7,9H,2,4-5,8H2,(H,14,15).